The quantitative estimate of drug-likeness (QED) is 0.739. The van der Waals surface area contributed by atoms with Crippen LogP contribution in [0.2, 0.25) is 0 Å². The molecule has 0 bridgehead atoms. The van der Waals surface area contributed by atoms with Crippen LogP contribution in [0, 0.1) is 6.92 Å². The van der Waals surface area contributed by atoms with Crippen molar-refractivity contribution < 1.29 is 8.42 Å². The average Bonchev–Trinajstić information content (AvgIpc) is 2.11. The lowest BCUT2D eigenvalue weighted by Crippen LogP contribution is -1.83. The molecule has 11 heavy (non-hydrogen) atoms. The molecular formula is C5H4BrClO2S2. The van der Waals surface area contributed by atoms with Gasteiger partial charge in [-0.2, -0.15) is 0 Å². The Balaban J connectivity index is 3.29. The third-order valence-electron chi connectivity index (χ3n) is 1.07. The summed E-state index contributed by atoms with van der Waals surface area (Å²) in [5, 5.41) is 0. The van der Waals surface area contributed by atoms with Crippen molar-refractivity contribution in [3.05, 3.63) is 15.4 Å². The van der Waals surface area contributed by atoms with Gasteiger partial charge in [-0.25, -0.2) is 8.42 Å². The molecule has 1 aromatic rings. The minimum atomic E-state index is -3.54. The fraction of sp³-hybridized carbons (Fsp3) is 0.200. The van der Waals surface area contributed by atoms with E-state index in [4.69, 9.17) is 10.7 Å². The van der Waals surface area contributed by atoms with Crippen molar-refractivity contribution in [1.29, 1.82) is 0 Å². The van der Waals surface area contributed by atoms with Gasteiger partial charge in [-0.15, -0.1) is 11.3 Å². The second-order valence-electron chi connectivity index (χ2n) is 1.96. The smallest absolute Gasteiger partial charge is 0.206 e. The number of rotatable bonds is 1. The lowest BCUT2D eigenvalue weighted by atomic mass is 10.4. The van der Waals surface area contributed by atoms with Crippen LogP contribution >= 0.6 is 37.9 Å². The zero-order valence-electron chi connectivity index (χ0n) is 5.47. The number of thiophene rings is 1. The average molecular weight is 276 g/mol. The Kier molecular flexibility index (Phi) is 2.63. The minimum Gasteiger partial charge on any atom is -0.206 e. The molecule has 0 N–H and O–H groups in total. The Hall–Kier alpha value is 0.420. The van der Waals surface area contributed by atoms with Gasteiger partial charge in [-0.05, 0) is 34.5 Å². The Morgan fingerprint density at radius 2 is 2.18 bits per heavy atom. The van der Waals surface area contributed by atoms with Crippen LogP contribution in [0.3, 0.4) is 0 Å². The zero-order valence-corrected chi connectivity index (χ0v) is 9.44. The largest absolute Gasteiger partial charge is 0.270 e. The number of aryl methyl sites for hydroxylation is 1. The first-order valence-electron chi connectivity index (χ1n) is 2.62. The molecule has 0 aliphatic heterocycles. The molecule has 0 atom stereocenters. The summed E-state index contributed by atoms with van der Waals surface area (Å²) in [4.78, 5) is 0. The van der Waals surface area contributed by atoms with Gasteiger partial charge in [-0.1, -0.05) is 0 Å². The molecule has 0 unspecified atom stereocenters. The predicted octanol–water partition coefficient (Wildman–Crippen LogP) is 2.75. The van der Waals surface area contributed by atoms with Crippen molar-refractivity contribution in [2.24, 2.45) is 0 Å². The van der Waals surface area contributed by atoms with E-state index in [1.807, 2.05) is 6.92 Å². The molecule has 1 rings (SSSR count). The summed E-state index contributed by atoms with van der Waals surface area (Å²) in [5.41, 5.74) is 0.884. The normalized spacial score (nSPS) is 11.9. The van der Waals surface area contributed by atoms with Crippen LogP contribution < -0.4 is 0 Å². The van der Waals surface area contributed by atoms with Crippen molar-refractivity contribution >= 4 is 47.0 Å². The van der Waals surface area contributed by atoms with Crippen LogP contribution in [0.25, 0.3) is 0 Å². The molecule has 0 aliphatic carbocycles. The maximum absolute atomic E-state index is 10.8. The summed E-state index contributed by atoms with van der Waals surface area (Å²) in [6, 6.07) is 1.54. The molecule has 0 spiro atoms. The molecule has 0 aliphatic rings. The first kappa shape index (κ1) is 9.51. The van der Waals surface area contributed by atoms with Crippen molar-refractivity contribution in [2.75, 3.05) is 0 Å². The maximum Gasteiger partial charge on any atom is 0.270 e. The van der Waals surface area contributed by atoms with Gasteiger partial charge in [0.1, 0.15) is 4.21 Å². The molecule has 2 nitrogen and oxygen atoms in total. The van der Waals surface area contributed by atoms with Crippen LogP contribution in [-0.4, -0.2) is 8.42 Å². The molecule has 1 heterocycles. The van der Waals surface area contributed by atoms with Gasteiger partial charge in [0.25, 0.3) is 9.05 Å². The SMILES string of the molecule is Cc1cc(S(=O)(=O)Cl)sc1Br. The van der Waals surface area contributed by atoms with Crippen LogP contribution in [0.1, 0.15) is 5.56 Å². The third kappa shape index (κ3) is 2.18. The van der Waals surface area contributed by atoms with Gasteiger partial charge >= 0.3 is 0 Å². The van der Waals surface area contributed by atoms with E-state index in [9.17, 15) is 8.42 Å². The molecule has 0 fully saturated rings. The topological polar surface area (TPSA) is 34.1 Å². The van der Waals surface area contributed by atoms with Crippen LogP contribution in [0.4, 0.5) is 0 Å². The number of halogens is 2. The van der Waals surface area contributed by atoms with Gasteiger partial charge in [0.15, 0.2) is 0 Å². The summed E-state index contributed by atoms with van der Waals surface area (Å²) in [5.74, 6) is 0. The monoisotopic (exact) mass is 274 g/mol. The highest BCUT2D eigenvalue weighted by Crippen LogP contribution is 2.32. The number of hydrogen-bond acceptors (Lipinski definition) is 3. The lowest BCUT2D eigenvalue weighted by molar-refractivity contribution is 0.611. The highest BCUT2D eigenvalue weighted by atomic mass is 79.9. The van der Waals surface area contributed by atoms with Gasteiger partial charge in [0, 0.05) is 10.7 Å². The summed E-state index contributed by atoms with van der Waals surface area (Å²) >= 11 is 4.32. The summed E-state index contributed by atoms with van der Waals surface area (Å²) < 4.78 is 22.5. The fourth-order valence-electron chi connectivity index (χ4n) is 0.552. The summed E-state index contributed by atoms with van der Waals surface area (Å²) in [6.07, 6.45) is 0. The van der Waals surface area contributed by atoms with Gasteiger partial charge in [-0.3, -0.25) is 0 Å². The molecule has 62 valence electrons. The Labute approximate surface area is 81.7 Å². The first-order chi connectivity index (χ1) is 4.91. The molecular weight excluding hydrogens is 272 g/mol. The fourth-order valence-corrected chi connectivity index (χ4v) is 3.53. The van der Waals surface area contributed by atoms with Gasteiger partial charge in [0.2, 0.25) is 0 Å². The maximum atomic E-state index is 10.8. The summed E-state index contributed by atoms with van der Waals surface area (Å²) in [7, 11) is 1.56. The van der Waals surface area contributed by atoms with Gasteiger partial charge in [0.05, 0.1) is 3.79 Å². The molecule has 0 saturated carbocycles. The highest BCUT2D eigenvalue weighted by Gasteiger charge is 2.14. The second-order valence-corrected chi connectivity index (χ2v) is 7.12. The van der Waals surface area contributed by atoms with E-state index in [2.05, 4.69) is 15.9 Å². The van der Waals surface area contributed by atoms with E-state index >= 15 is 0 Å². The van der Waals surface area contributed by atoms with Crippen molar-refractivity contribution in [3.63, 3.8) is 0 Å². The summed E-state index contributed by atoms with van der Waals surface area (Å²) in [6.45, 7) is 1.81. The molecule has 0 aromatic carbocycles. The highest BCUT2D eigenvalue weighted by molar-refractivity contribution is 9.11. The van der Waals surface area contributed by atoms with Crippen molar-refractivity contribution in [1.82, 2.24) is 0 Å². The standard InChI is InChI=1S/C5H4BrClO2S2/c1-3-2-4(10-5(3)6)11(7,8)9/h2H,1H3. The van der Waals surface area contributed by atoms with E-state index in [1.54, 1.807) is 0 Å². The van der Waals surface area contributed by atoms with E-state index in [0.717, 1.165) is 20.7 Å². The third-order valence-corrected chi connectivity index (χ3v) is 5.29. The predicted molar refractivity (Wildman–Crippen MR) is 49.8 cm³/mol. The zero-order chi connectivity index (χ0) is 8.65. The van der Waals surface area contributed by atoms with Crippen LogP contribution in [0.15, 0.2) is 14.1 Å². The van der Waals surface area contributed by atoms with E-state index < -0.39 is 9.05 Å². The Morgan fingerprint density at radius 3 is 2.36 bits per heavy atom. The number of hydrogen-bond donors (Lipinski definition) is 0. The van der Waals surface area contributed by atoms with Crippen LogP contribution in [-0.2, 0) is 9.05 Å². The molecule has 1 aromatic heterocycles. The lowest BCUT2D eigenvalue weighted by Gasteiger charge is -1.83. The van der Waals surface area contributed by atoms with E-state index in [0.29, 0.717) is 0 Å². The van der Waals surface area contributed by atoms with Crippen LogP contribution in [0.5, 0.6) is 0 Å². The molecule has 0 amide bonds. The molecule has 0 saturated heterocycles. The minimum absolute atomic E-state index is 0.184. The van der Waals surface area contributed by atoms with Crippen molar-refractivity contribution in [3.8, 4) is 0 Å². The van der Waals surface area contributed by atoms with E-state index in [1.165, 1.54) is 6.07 Å². The first-order valence-corrected chi connectivity index (χ1v) is 6.54. The van der Waals surface area contributed by atoms with E-state index in [-0.39, 0.29) is 4.21 Å². The Morgan fingerprint density at radius 1 is 1.64 bits per heavy atom. The molecule has 0 radical (unpaired) electrons. The molecule has 6 heteroatoms. The van der Waals surface area contributed by atoms with Gasteiger partial charge < -0.3 is 0 Å². The Bertz CT molecular complexity index is 348. The second kappa shape index (κ2) is 3.05. The van der Waals surface area contributed by atoms with Crippen molar-refractivity contribution in [2.45, 2.75) is 11.1 Å².